The Hall–Kier alpha value is -1.57. The van der Waals surface area contributed by atoms with Gasteiger partial charge < -0.3 is 9.84 Å². The summed E-state index contributed by atoms with van der Waals surface area (Å²) >= 11 is 0. The molecule has 0 aromatic carbocycles. The van der Waals surface area contributed by atoms with Gasteiger partial charge in [0.05, 0.1) is 12.5 Å². The van der Waals surface area contributed by atoms with Crippen molar-refractivity contribution in [2.75, 3.05) is 0 Å². The molecule has 0 aliphatic carbocycles. The van der Waals surface area contributed by atoms with Crippen molar-refractivity contribution >= 4 is 11.9 Å². The van der Waals surface area contributed by atoms with Crippen LogP contribution in [0.1, 0.15) is 27.2 Å². The van der Waals surface area contributed by atoms with E-state index in [0.29, 0.717) is 0 Å². The van der Waals surface area contributed by atoms with E-state index in [9.17, 15) is 9.59 Å². The third kappa shape index (κ3) is 4.45. The average molecular weight is 199 g/mol. The van der Waals surface area contributed by atoms with E-state index in [-0.39, 0.29) is 6.42 Å². The van der Waals surface area contributed by atoms with Gasteiger partial charge in [-0.3, -0.25) is 9.59 Å². The largest absolute Gasteiger partial charge is 0.481 e. The maximum absolute atomic E-state index is 11.2. The van der Waals surface area contributed by atoms with Crippen LogP contribution in [0, 0.1) is 17.2 Å². The number of hydrogen-bond donors (Lipinski definition) is 1. The standard InChI is InChI=1S/C9H13NO4/c1-9(2,3)14-8(13)6(4-5-10)7(11)12/h6H,4H2,1-3H3,(H,11,12)/t6-/m0/s1. The van der Waals surface area contributed by atoms with Gasteiger partial charge in [0.15, 0.2) is 5.92 Å². The highest BCUT2D eigenvalue weighted by molar-refractivity contribution is 5.94. The molecule has 0 saturated heterocycles. The van der Waals surface area contributed by atoms with Gasteiger partial charge in [0, 0.05) is 0 Å². The molecule has 14 heavy (non-hydrogen) atoms. The summed E-state index contributed by atoms with van der Waals surface area (Å²) in [6.07, 6.45) is -0.371. The molecule has 0 rings (SSSR count). The molecule has 0 unspecified atom stereocenters. The molecule has 1 N–H and O–H groups in total. The first-order valence-corrected chi connectivity index (χ1v) is 4.10. The Morgan fingerprint density at radius 1 is 1.50 bits per heavy atom. The van der Waals surface area contributed by atoms with Crippen molar-refractivity contribution in [1.82, 2.24) is 0 Å². The summed E-state index contributed by atoms with van der Waals surface area (Å²) in [6, 6.07) is 1.63. The molecule has 0 amide bonds. The molecule has 5 nitrogen and oxygen atoms in total. The first kappa shape index (κ1) is 12.4. The molecule has 0 aliphatic rings. The minimum atomic E-state index is -1.39. The van der Waals surface area contributed by atoms with Crippen LogP contribution in [-0.2, 0) is 14.3 Å². The van der Waals surface area contributed by atoms with Crippen molar-refractivity contribution in [2.24, 2.45) is 5.92 Å². The molecule has 1 atom stereocenters. The topological polar surface area (TPSA) is 87.4 Å². The molecule has 0 heterocycles. The van der Waals surface area contributed by atoms with Crippen LogP contribution in [0.25, 0.3) is 0 Å². The minimum absolute atomic E-state index is 0.371. The van der Waals surface area contributed by atoms with Crippen LogP contribution in [-0.4, -0.2) is 22.6 Å². The molecule has 0 aromatic heterocycles. The number of nitrogens with zero attached hydrogens (tertiary/aromatic N) is 1. The van der Waals surface area contributed by atoms with E-state index in [0.717, 1.165) is 0 Å². The Bertz CT molecular complexity index is 272. The minimum Gasteiger partial charge on any atom is -0.481 e. The number of esters is 1. The van der Waals surface area contributed by atoms with Crippen LogP contribution in [0.2, 0.25) is 0 Å². The van der Waals surface area contributed by atoms with Crippen molar-refractivity contribution in [1.29, 1.82) is 5.26 Å². The lowest BCUT2D eigenvalue weighted by Crippen LogP contribution is -2.32. The van der Waals surface area contributed by atoms with Gasteiger partial charge in [-0.05, 0) is 20.8 Å². The highest BCUT2D eigenvalue weighted by atomic mass is 16.6. The van der Waals surface area contributed by atoms with Crippen molar-refractivity contribution < 1.29 is 19.4 Å². The Morgan fingerprint density at radius 2 is 2.00 bits per heavy atom. The van der Waals surface area contributed by atoms with Crippen molar-refractivity contribution in [2.45, 2.75) is 32.8 Å². The number of ether oxygens (including phenoxy) is 1. The van der Waals surface area contributed by atoms with E-state index >= 15 is 0 Å². The molecule has 0 saturated carbocycles. The molecule has 0 aliphatic heterocycles. The average Bonchev–Trinajstić information content (AvgIpc) is 1.95. The number of carbonyl (C=O) groups excluding carboxylic acids is 1. The van der Waals surface area contributed by atoms with Crippen molar-refractivity contribution in [3.8, 4) is 6.07 Å². The molecular formula is C9H13NO4. The van der Waals surface area contributed by atoms with E-state index in [1.807, 2.05) is 0 Å². The van der Waals surface area contributed by atoms with Gasteiger partial charge in [0.25, 0.3) is 0 Å². The molecule has 0 fully saturated rings. The van der Waals surface area contributed by atoms with Crippen LogP contribution < -0.4 is 0 Å². The van der Waals surface area contributed by atoms with Gasteiger partial charge in [-0.1, -0.05) is 0 Å². The van der Waals surface area contributed by atoms with Crippen LogP contribution in [0.3, 0.4) is 0 Å². The third-order valence-corrected chi connectivity index (χ3v) is 1.28. The quantitative estimate of drug-likeness (QED) is 0.540. The van der Waals surface area contributed by atoms with Crippen LogP contribution in [0.4, 0.5) is 0 Å². The molecule has 0 spiro atoms. The molecule has 0 aromatic rings. The van der Waals surface area contributed by atoms with Crippen molar-refractivity contribution in [3.63, 3.8) is 0 Å². The number of nitriles is 1. The normalized spacial score (nSPS) is 12.7. The maximum atomic E-state index is 11.2. The Morgan fingerprint density at radius 3 is 2.29 bits per heavy atom. The summed E-state index contributed by atoms with van der Waals surface area (Å²) in [7, 11) is 0. The Balaban J connectivity index is 4.47. The predicted octanol–water partition coefficient (Wildman–Crippen LogP) is 0.943. The van der Waals surface area contributed by atoms with Crippen LogP contribution in [0.15, 0.2) is 0 Å². The monoisotopic (exact) mass is 199 g/mol. The van der Waals surface area contributed by atoms with Gasteiger partial charge in [0.1, 0.15) is 5.60 Å². The Labute approximate surface area is 82.3 Å². The molecule has 0 bridgehead atoms. The first-order valence-electron chi connectivity index (χ1n) is 4.10. The zero-order valence-corrected chi connectivity index (χ0v) is 8.40. The fourth-order valence-electron chi connectivity index (χ4n) is 0.736. The van der Waals surface area contributed by atoms with Gasteiger partial charge >= 0.3 is 11.9 Å². The van der Waals surface area contributed by atoms with E-state index in [4.69, 9.17) is 15.1 Å². The summed E-state index contributed by atoms with van der Waals surface area (Å²) in [4.78, 5) is 21.8. The second-order valence-corrected chi connectivity index (χ2v) is 3.79. The highest BCUT2D eigenvalue weighted by Gasteiger charge is 2.30. The van der Waals surface area contributed by atoms with Crippen LogP contribution >= 0.6 is 0 Å². The molecule has 0 radical (unpaired) electrons. The van der Waals surface area contributed by atoms with E-state index in [2.05, 4.69) is 0 Å². The third-order valence-electron chi connectivity index (χ3n) is 1.28. The van der Waals surface area contributed by atoms with E-state index < -0.39 is 23.5 Å². The number of carboxylic acids is 1. The lowest BCUT2D eigenvalue weighted by Gasteiger charge is -2.21. The number of carbonyl (C=O) groups is 2. The number of hydrogen-bond acceptors (Lipinski definition) is 4. The second kappa shape index (κ2) is 4.61. The van der Waals surface area contributed by atoms with Gasteiger partial charge in [-0.2, -0.15) is 5.26 Å². The highest BCUT2D eigenvalue weighted by Crippen LogP contribution is 2.13. The van der Waals surface area contributed by atoms with E-state index in [1.54, 1.807) is 26.8 Å². The fraction of sp³-hybridized carbons (Fsp3) is 0.667. The smallest absolute Gasteiger partial charge is 0.321 e. The van der Waals surface area contributed by atoms with Gasteiger partial charge in [-0.15, -0.1) is 0 Å². The van der Waals surface area contributed by atoms with Gasteiger partial charge in [0.2, 0.25) is 0 Å². The number of rotatable bonds is 3. The number of aliphatic carboxylic acids is 1. The number of carboxylic acid groups (broad SMARTS) is 1. The molecule has 78 valence electrons. The molecular weight excluding hydrogens is 186 g/mol. The molecule has 5 heteroatoms. The summed E-state index contributed by atoms with van der Waals surface area (Å²) in [6.45, 7) is 4.91. The van der Waals surface area contributed by atoms with Crippen molar-refractivity contribution in [3.05, 3.63) is 0 Å². The zero-order chi connectivity index (χ0) is 11.4. The van der Waals surface area contributed by atoms with Crippen LogP contribution in [0.5, 0.6) is 0 Å². The van der Waals surface area contributed by atoms with Gasteiger partial charge in [-0.25, -0.2) is 0 Å². The Kier molecular flexibility index (Phi) is 4.09. The summed E-state index contributed by atoms with van der Waals surface area (Å²) in [5.41, 5.74) is -0.736. The maximum Gasteiger partial charge on any atom is 0.321 e. The van der Waals surface area contributed by atoms with E-state index in [1.165, 1.54) is 0 Å². The second-order valence-electron chi connectivity index (χ2n) is 3.79. The SMILES string of the molecule is CC(C)(C)OC(=O)[C@@H](CC#N)C(=O)O. The lowest BCUT2D eigenvalue weighted by atomic mass is 10.1. The lowest BCUT2D eigenvalue weighted by molar-refractivity contribution is -0.166. The fourth-order valence-corrected chi connectivity index (χ4v) is 0.736. The summed E-state index contributed by atoms with van der Waals surface area (Å²) in [5.74, 6) is -3.59. The zero-order valence-electron chi connectivity index (χ0n) is 8.40. The predicted molar refractivity (Wildman–Crippen MR) is 47.2 cm³/mol. The first-order chi connectivity index (χ1) is 6.28. The summed E-state index contributed by atoms with van der Waals surface area (Å²) in [5, 5.41) is 16.9. The summed E-state index contributed by atoms with van der Waals surface area (Å²) < 4.78 is 4.84.